The van der Waals surface area contributed by atoms with E-state index in [1.54, 1.807) is 0 Å². The van der Waals surface area contributed by atoms with Crippen LogP contribution >= 0.6 is 0 Å². The molecule has 3 rings (SSSR count). The number of aromatic nitrogens is 2. The molecule has 1 N–H and O–H groups in total. The van der Waals surface area contributed by atoms with E-state index in [-0.39, 0.29) is 0 Å². The maximum Gasteiger partial charge on any atom is 0.0855 e. The van der Waals surface area contributed by atoms with Crippen LogP contribution in [0.15, 0.2) is 6.20 Å². The average molecular weight is 262 g/mol. The van der Waals surface area contributed by atoms with Gasteiger partial charge < -0.3 is 10.2 Å². The summed E-state index contributed by atoms with van der Waals surface area (Å²) in [6, 6.07) is 2.12. The monoisotopic (exact) mass is 262 g/mol. The van der Waals surface area contributed by atoms with Gasteiger partial charge in [-0.15, -0.1) is 0 Å². The number of hydrogen-bond donors (Lipinski definition) is 1. The minimum atomic E-state index is 0.702. The van der Waals surface area contributed by atoms with Crippen LogP contribution in [0.4, 0.5) is 5.69 Å². The number of rotatable bonds is 3. The fraction of sp³-hybridized carbons (Fsp3) is 0.800. The van der Waals surface area contributed by atoms with E-state index in [0.29, 0.717) is 18.1 Å². The molecule has 0 aliphatic carbocycles. The summed E-state index contributed by atoms with van der Waals surface area (Å²) in [4.78, 5) is 2.70. The minimum Gasteiger partial charge on any atom is -0.363 e. The molecule has 2 aliphatic rings. The highest BCUT2D eigenvalue weighted by Gasteiger charge is 2.39. The summed E-state index contributed by atoms with van der Waals surface area (Å²) in [7, 11) is 4.15. The first-order valence-corrected chi connectivity index (χ1v) is 7.71. The van der Waals surface area contributed by atoms with E-state index in [0.717, 1.165) is 6.42 Å². The summed E-state index contributed by atoms with van der Waals surface area (Å²) in [5.74, 6) is 0. The van der Waals surface area contributed by atoms with Crippen molar-refractivity contribution in [1.82, 2.24) is 15.1 Å². The van der Waals surface area contributed by atoms with E-state index in [9.17, 15) is 0 Å². The fourth-order valence-corrected chi connectivity index (χ4v) is 4.00. The molecule has 1 aromatic rings. The van der Waals surface area contributed by atoms with E-state index in [1.165, 1.54) is 43.5 Å². The zero-order valence-corrected chi connectivity index (χ0v) is 12.4. The molecular formula is C15H26N4. The van der Waals surface area contributed by atoms with Gasteiger partial charge in [-0.05, 0) is 45.6 Å². The second kappa shape index (κ2) is 5.16. The molecule has 19 heavy (non-hydrogen) atoms. The van der Waals surface area contributed by atoms with Crippen LogP contribution in [0, 0.1) is 0 Å². The lowest BCUT2D eigenvalue weighted by Gasteiger charge is -2.50. The van der Waals surface area contributed by atoms with Crippen molar-refractivity contribution < 1.29 is 0 Å². The van der Waals surface area contributed by atoms with Gasteiger partial charge in [-0.1, -0.05) is 6.92 Å². The van der Waals surface area contributed by atoms with Gasteiger partial charge in [0.15, 0.2) is 0 Å². The van der Waals surface area contributed by atoms with E-state index in [4.69, 9.17) is 0 Å². The summed E-state index contributed by atoms with van der Waals surface area (Å²) >= 11 is 0. The van der Waals surface area contributed by atoms with Crippen molar-refractivity contribution >= 4 is 5.69 Å². The number of nitrogens with one attached hydrogen (secondary N) is 1. The Hall–Kier alpha value is -1.03. The highest BCUT2D eigenvalue weighted by atomic mass is 15.3. The molecule has 0 radical (unpaired) electrons. The van der Waals surface area contributed by atoms with Crippen LogP contribution in [0.1, 0.15) is 44.7 Å². The minimum absolute atomic E-state index is 0.702. The van der Waals surface area contributed by atoms with Gasteiger partial charge in [-0.2, -0.15) is 5.10 Å². The SMILES string of the molecule is CCc1nn(C)cc1N1C2CCCC1CC(NC)C2. The van der Waals surface area contributed by atoms with Crippen molar-refractivity contribution in [2.45, 2.75) is 63.6 Å². The summed E-state index contributed by atoms with van der Waals surface area (Å²) in [6.07, 6.45) is 9.89. The maximum absolute atomic E-state index is 4.63. The van der Waals surface area contributed by atoms with Gasteiger partial charge in [-0.25, -0.2) is 0 Å². The molecule has 1 aromatic heterocycles. The smallest absolute Gasteiger partial charge is 0.0855 e. The third-order valence-electron chi connectivity index (χ3n) is 4.88. The molecule has 2 unspecified atom stereocenters. The number of piperidine rings is 2. The highest BCUT2D eigenvalue weighted by molar-refractivity contribution is 5.52. The summed E-state index contributed by atoms with van der Waals surface area (Å²) in [6.45, 7) is 2.21. The molecule has 2 fully saturated rings. The zero-order valence-electron chi connectivity index (χ0n) is 12.4. The quantitative estimate of drug-likeness (QED) is 0.905. The van der Waals surface area contributed by atoms with Crippen molar-refractivity contribution in [3.63, 3.8) is 0 Å². The number of nitrogens with zero attached hydrogens (tertiary/aromatic N) is 3. The van der Waals surface area contributed by atoms with Crippen LogP contribution in [-0.4, -0.2) is 35.0 Å². The molecule has 106 valence electrons. The Morgan fingerprint density at radius 2 is 2.00 bits per heavy atom. The molecule has 4 heteroatoms. The van der Waals surface area contributed by atoms with Crippen LogP contribution in [0.25, 0.3) is 0 Å². The number of anilines is 1. The molecule has 0 amide bonds. The third-order valence-corrected chi connectivity index (χ3v) is 4.88. The molecular weight excluding hydrogens is 236 g/mol. The predicted molar refractivity (Wildman–Crippen MR) is 78.6 cm³/mol. The van der Waals surface area contributed by atoms with Crippen LogP contribution in [-0.2, 0) is 13.5 Å². The van der Waals surface area contributed by atoms with Crippen LogP contribution in [0.2, 0.25) is 0 Å². The van der Waals surface area contributed by atoms with E-state index < -0.39 is 0 Å². The first-order valence-electron chi connectivity index (χ1n) is 7.71. The van der Waals surface area contributed by atoms with E-state index in [1.807, 2.05) is 11.7 Å². The lowest BCUT2D eigenvalue weighted by atomic mass is 9.81. The lowest BCUT2D eigenvalue weighted by Crippen LogP contribution is -2.56. The molecule has 3 heterocycles. The average Bonchev–Trinajstić information content (AvgIpc) is 2.78. The Balaban J connectivity index is 1.91. The third kappa shape index (κ3) is 2.27. The van der Waals surface area contributed by atoms with E-state index in [2.05, 4.69) is 35.5 Å². The Morgan fingerprint density at radius 1 is 1.32 bits per heavy atom. The van der Waals surface area contributed by atoms with Crippen molar-refractivity contribution in [1.29, 1.82) is 0 Å². The topological polar surface area (TPSA) is 33.1 Å². The lowest BCUT2D eigenvalue weighted by molar-refractivity contribution is 0.252. The van der Waals surface area contributed by atoms with E-state index >= 15 is 0 Å². The van der Waals surface area contributed by atoms with Crippen LogP contribution in [0.5, 0.6) is 0 Å². The fourth-order valence-electron chi connectivity index (χ4n) is 4.00. The molecule has 2 bridgehead atoms. The largest absolute Gasteiger partial charge is 0.363 e. The van der Waals surface area contributed by atoms with Gasteiger partial charge in [0.25, 0.3) is 0 Å². The number of hydrogen-bond acceptors (Lipinski definition) is 3. The number of fused-ring (bicyclic) bond motifs is 2. The first-order chi connectivity index (χ1) is 9.22. The molecule has 2 atom stereocenters. The molecule has 2 saturated heterocycles. The zero-order chi connectivity index (χ0) is 13.4. The summed E-state index contributed by atoms with van der Waals surface area (Å²) < 4.78 is 1.98. The van der Waals surface area contributed by atoms with Crippen molar-refractivity contribution in [2.75, 3.05) is 11.9 Å². The van der Waals surface area contributed by atoms with Gasteiger partial charge in [0.1, 0.15) is 0 Å². The Kier molecular flexibility index (Phi) is 3.52. The van der Waals surface area contributed by atoms with Gasteiger partial charge in [0, 0.05) is 31.4 Å². The van der Waals surface area contributed by atoms with Crippen molar-refractivity contribution in [2.24, 2.45) is 7.05 Å². The summed E-state index contributed by atoms with van der Waals surface area (Å²) in [5, 5.41) is 8.12. The van der Waals surface area contributed by atoms with Crippen LogP contribution in [0.3, 0.4) is 0 Å². The van der Waals surface area contributed by atoms with Gasteiger partial charge in [0.05, 0.1) is 11.4 Å². The highest BCUT2D eigenvalue weighted by Crippen LogP contribution is 2.38. The molecule has 0 saturated carbocycles. The first kappa shape index (κ1) is 13.0. The van der Waals surface area contributed by atoms with Gasteiger partial charge in [0.2, 0.25) is 0 Å². The molecule has 2 aliphatic heterocycles. The predicted octanol–water partition coefficient (Wildman–Crippen LogP) is 2.09. The number of aryl methyl sites for hydroxylation is 2. The molecule has 4 nitrogen and oxygen atoms in total. The van der Waals surface area contributed by atoms with Crippen molar-refractivity contribution in [3.8, 4) is 0 Å². The second-order valence-corrected chi connectivity index (χ2v) is 6.09. The van der Waals surface area contributed by atoms with Gasteiger partial charge in [-0.3, -0.25) is 4.68 Å². The maximum atomic E-state index is 4.63. The normalized spacial score (nSPS) is 30.7. The Bertz CT molecular complexity index is 425. The Morgan fingerprint density at radius 3 is 2.58 bits per heavy atom. The molecule has 0 aromatic carbocycles. The standard InChI is InChI=1S/C15H26N4/c1-4-14-15(10-18(3)17-14)19-12-6-5-7-13(19)9-11(8-12)16-2/h10-13,16H,4-9H2,1-3H3. The summed E-state index contributed by atoms with van der Waals surface area (Å²) in [5.41, 5.74) is 2.66. The van der Waals surface area contributed by atoms with Crippen LogP contribution < -0.4 is 10.2 Å². The molecule has 0 spiro atoms. The Labute approximate surface area is 116 Å². The van der Waals surface area contributed by atoms with Gasteiger partial charge >= 0.3 is 0 Å². The second-order valence-electron chi connectivity index (χ2n) is 6.09. The van der Waals surface area contributed by atoms with Crippen molar-refractivity contribution in [3.05, 3.63) is 11.9 Å².